The van der Waals surface area contributed by atoms with Gasteiger partial charge in [0.15, 0.2) is 0 Å². The van der Waals surface area contributed by atoms with Gasteiger partial charge in [0.1, 0.15) is 5.75 Å². The van der Waals surface area contributed by atoms with Crippen molar-refractivity contribution >= 4 is 32.6 Å². The Morgan fingerprint density at radius 2 is 1.41 bits per heavy atom. The Bertz CT molecular complexity index is 420. The van der Waals surface area contributed by atoms with Crippen LogP contribution in [0.25, 0.3) is 0 Å². The lowest BCUT2D eigenvalue weighted by molar-refractivity contribution is 0.283. The lowest BCUT2D eigenvalue weighted by Gasteiger charge is -2.07. The zero-order valence-electron chi connectivity index (χ0n) is 12.9. The maximum atomic E-state index is 10.7. The highest BCUT2D eigenvalue weighted by Gasteiger charge is 2.15. The van der Waals surface area contributed by atoms with Gasteiger partial charge in [-0.25, -0.2) is 4.57 Å². The molecule has 0 aliphatic rings. The molecule has 22 heavy (non-hydrogen) atoms. The number of phosphoric acid groups is 1. The van der Waals surface area contributed by atoms with E-state index in [1.807, 2.05) is 12.1 Å². The summed E-state index contributed by atoms with van der Waals surface area (Å²) in [5, 5.41) is 0. The van der Waals surface area contributed by atoms with Crippen molar-refractivity contribution < 1.29 is 18.9 Å². The van der Waals surface area contributed by atoms with Crippen molar-refractivity contribution in [2.45, 2.75) is 58.3 Å². The first-order valence-corrected chi connectivity index (χ1v) is 8.88. The van der Waals surface area contributed by atoms with Crippen molar-refractivity contribution in [2.24, 2.45) is 0 Å². The molecule has 0 saturated heterocycles. The van der Waals surface area contributed by atoms with Crippen LogP contribution < -0.4 is 4.52 Å². The zero-order chi connectivity index (χ0) is 14.8. The van der Waals surface area contributed by atoms with Crippen LogP contribution >= 0.6 is 32.6 Å². The van der Waals surface area contributed by atoms with Crippen LogP contribution in [0.4, 0.5) is 0 Å². The molecule has 0 spiro atoms. The molecular weight excluding hydrogens is 346 g/mol. The third kappa shape index (κ3) is 12.3. The minimum atomic E-state index is -4.44. The Hall–Kier alpha value is -0.250. The van der Waals surface area contributed by atoms with Gasteiger partial charge in [0, 0.05) is 0 Å². The molecule has 0 bridgehead atoms. The van der Waals surface area contributed by atoms with E-state index in [1.165, 1.54) is 44.1 Å². The van der Waals surface area contributed by atoms with Gasteiger partial charge in [-0.15, -0.1) is 24.8 Å². The normalized spacial score (nSPS) is 10.5. The number of halogens is 2. The Balaban J connectivity index is 0. The summed E-state index contributed by atoms with van der Waals surface area (Å²) in [5.74, 6) is 0.210. The second-order valence-electron chi connectivity index (χ2n) is 5.10. The molecule has 0 aromatic heterocycles. The SMILES string of the molecule is CCCCCCCCCc1ccc(OP(=O)(O)O)cc1.Cl.Cl. The van der Waals surface area contributed by atoms with Crippen LogP contribution in [0.5, 0.6) is 5.75 Å². The second kappa shape index (κ2) is 13.2. The molecule has 1 rings (SSSR count). The molecule has 130 valence electrons. The molecule has 4 nitrogen and oxygen atoms in total. The monoisotopic (exact) mass is 372 g/mol. The Labute approximate surface area is 145 Å². The van der Waals surface area contributed by atoms with Crippen molar-refractivity contribution in [3.05, 3.63) is 29.8 Å². The fourth-order valence-electron chi connectivity index (χ4n) is 2.14. The Morgan fingerprint density at radius 1 is 0.909 bits per heavy atom. The summed E-state index contributed by atoms with van der Waals surface area (Å²) >= 11 is 0. The summed E-state index contributed by atoms with van der Waals surface area (Å²) in [4.78, 5) is 17.4. The molecule has 1 aromatic rings. The summed E-state index contributed by atoms with van der Waals surface area (Å²) in [5.41, 5.74) is 1.18. The molecule has 0 atom stereocenters. The summed E-state index contributed by atoms with van der Waals surface area (Å²) in [6, 6.07) is 6.94. The minimum Gasteiger partial charge on any atom is -0.404 e. The van der Waals surface area contributed by atoms with Crippen molar-refractivity contribution in [2.75, 3.05) is 0 Å². The third-order valence-electron chi connectivity index (χ3n) is 3.22. The summed E-state index contributed by atoms with van der Waals surface area (Å²) in [7, 11) is -4.44. The van der Waals surface area contributed by atoms with Crippen molar-refractivity contribution in [1.29, 1.82) is 0 Å². The van der Waals surface area contributed by atoms with E-state index in [0.29, 0.717) is 0 Å². The van der Waals surface area contributed by atoms with E-state index in [4.69, 9.17) is 9.79 Å². The lowest BCUT2D eigenvalue weighted by Crippen LogP contribution is -1.91. The molecular formula is C15H27Cl2O4P. The summed E-state index contributed by atoms with van der Waals surface area (Å²) in [6.07, 6.45) is 9.97. The van der Waals surface area contributed by atoms with Gasteiger partial charge >= 0.3 is 7.82 Å². The molecule has 0 aliphatic heterocycles. The van der Waals surface area contributed by atoms with Crippen molar-refractivity contribution in [3.8, 4) is 5.75 Å². The number of benzene rings is 1. The number of aryl methyl sites for hydroxylation is 1. The number of phosphoric ester groups is 1. The molecule has 7 heteroatoms. The number of rotatable bonds is 10. The van der Waals surface area contributed by atoms with Crippen LogP contribution in [0.1, 0.15) is 57.4 Å². The molecule has 2 N–H and O–H groups in total. The van der Waals surface area contributed by atoms with E-state index in [0.717, 1.165) is 12.8 Å². The maximum Gasteiger partial charge on any atom is 0.524 e. The van der Waals surface area contributed by atoms with E-state index in [9.17, 15) is 4.57 Å². The highest BCUT2D eigenvalue weighted by atomic mass is 35.5. The molecule has 0 amide bonds. The van der Waals surface area contributed by atoms with Crippen LogP contribution in [0.15, 0.2) is 24.3 Å². The van der Waals surface area contributed by atoms with Crippen LogP contribution in [-0.2, 0) is 11.0 Å². The average Bonchev–Trinajstić information content (AvgIpc) is 2.38. The van der Waals surface area contributed by atoms with Gasteiger partial charge in [0.2, 0.25) is 0 Å². The van der Waals surface area contributed by atoms with Gasteiger partial charge in [-0.3, -0.25) is 9.79 Å². The quantitative estimate of drug-likeness (QED) is 0.432. The van der Waals surface area contributed by atoms with E-state index in [2.05, 4.69) is 11.4 Å². The van der Waals surface area contributed by atoms with Crippen LogP contribution in [0, 0.1) is 0 Å². The summed E-state index contributed by atoms with van der Waals surface area (Å²) < 4.78 is 15.2. The van der Waals surface area contributed by atoms with Crippen molar-refractivity contribution in [3.63, 3.8) is 0 Å². The van der Waals surface area contributed by atoms with Crippen molar-refractivity contribution in [1.82, 2.24) is 0 Å². The average molecular weight is 373 g/mol. The first-order valence-electron chi connectivity index (χ1n) is 7.35. The van der Waals surface area contributed by atoms with Gasteiger partial charge in [0.25, 0.3) is 0 Å². The van der Waals surface area contributed by atoms with Crippen LogP contribution in [-0.4, -0.2) is 9.79 Å². The van der Waals surface area contributed by atoms with E-state index in [1.54, 1.807) is 12.1 Å². The molecule has 0 saturated carbocycles. The molecule has 0 aliphatic carbocycles. The number of hydrogen-bond acceptors (Lipinski definition) is 2. The van der Waals surface area contributed by atoms with E-state index >= 15 is 0 Å². The highest BCUT2D eigenvalue weighted by molar-refractivity contribution is 7.46. The van der Waals surface area contributed by atoms with Crippen LogP contribution in [0.3, 0.4) is 0 Å². The second-order valence-corrected chi connectivity index (χ2v) is 6.26. The van der Waals surface area contributed by atoms with Gasteiger partial charge in [-0.2, -0.15) is 0 Å². The van der Waals surface area contributed by atoms with Crippen LogP contribution in [0.2, 0.25) is 0 Å². The van der Waals surface area contributed by atoms with Gasteiger partial charge in [-0.1, -0.05) is 57.6 Å². The fourth-order valence-corrected chi connectivity index (χ4v) is 2.54. The maximum absolute atomic E-state index is 10.7. The first-order chi connectivity index (χ1) is 9.51. The predicted molar refractivity (Wildman–Crippen MR) is 95.3 cm³/mol. The zero-order valence-corrected chi connectivity index (χ0v) is 15.5. The Morgan fingerprint density at radius 3 is 1.91 bits per heavy atom. The largest absolute Gasteiger partial charge is 0.524 e. The van der Waals surface area contributed by atoms with Gasteiger partial charge in [0.05, 0.1) is 0 Å². The predicted octanol–water partition coefficient (Wildman–Crippen LogP) is 5.29. The number of unbranched alkanes of at least 4 members (excludes halogenated alkanes) is 6. The molecule has 0 fully saturated rings. The molecule has 0 unspecified atom stereocenters. The number of hydrogen-bond donors (Lipinski definition) is 2. The highest BCUT2D eigenvalue weighted by Crippen LogP contribution is 2.37. The van der Waals surface area contributed by atoms with E-state index < -0.39 is 7.82 Å². The smallest absolute Gasteiger partial charge is 0.404 e. The molecule has 0 heterocycles. The van der Waals surface area contributed by atoms with Gasteiger partial charge < -0.3 is 4.52 Å². The molecule has 0 radical (unpaired) electrons. The molecule has 1 aromatic carbocycles. The minimum absolute atomic E-state index is 0. The van der Waals surface area contributed by atoms with Gasteiger partial charge in [-0.05, 0) is 30.5 Å². The fraction of sp³-hybridized carbons (Fsp3) is 0.600. The summed E-state index contributed by atoms with van der Waals surface area (Å²) in [6.45, 7) is 2.22. The lowest BCUT2D eigenvalue weighted by atomic mass is 10.0. The topological polar surface area (TPSA) is 66.8 Å². The third-order valence-corrected chi connectivity index (χ3v) is 3.67. The standard InChI is InChI=1S/C15H25O4P.2ClH/c1-2-3-4-5-6-7-8-9-14-10-12-15(13-11-14)19-20(16,17)18;;/h10-13H,2-9H2,1H3,(H2,16,17,18);2*1H. The van der Waals surface area contributed by atoms with E-state index in [-0.39, 0.29) is 30.6 Å². The Kier molecular flexibility index (Phi) is 14.4. The first kappa shape index (κ1) is 24.0.